The van der Waals surface area contributed by atoms with Gasteiger partial charge >= 0.3 is 0 Å². The van der Waals surface area contributed by atoms with Crippen LogP contribution in [0.15, 0.2) is 0 Å². The molecule has 0 bridgehead atoms. The van der Waals surface area contributed by atoms with Gasteiger partial charge < -0.3 is 15.5 Å². The first-order valence-electron chi connectivity index (χ1n) is 5.09. The van der Waals surface area contributed by atoms with E-state index in [0.717, 1.165) is 5.92 Å². The van der Waals surface area contributed by atoms with E-state index in [-0.39, 0.29) is 0 Å². The zero-order valence-corrected chi connectivity index (χ0v) is 7.68. The minimum absolute atomic E-state index is 0.920. The highest BCUT2D eigenvalue weighted by atomic mass is 15.2. The Balaban J connectivity index is 1.69. The largest absolute Gasteiger partial charge is 0.316 e. The molecular weight excluding hydrogens is 150 g/mol. The molecule has 3 nitrogen and oxygen atoms in total. The zero-order valence-electron chi connectivity index (χ0n) is 7.68. The van der Waals surface area contributed by atoms with Crippen molar-refractivity contribution in [1.82, 2.24) is 15.5 Å². The van der Waals surface area contributed by atoms with Gasteiger partial charge in [0.1, 0.15) is 0 Å². The van der Waals surface area contributed by atoms with Gasteiger partial charge in [0.25, 0.3) is 0 Å². The summed E-state index contributed by atoms with van der Waals surface area (Å²) in [4.78, 5) is 2.59. The fourth-order valence-electron chi connectivity index (χ4n) is 2.13. The second-order valence-electron chi connectivity index (χ2n) is 3.91. The lowest BCUT2D eigenvalue weighted by Crippen LogP contribution is -2.45. The van der Waals surface area contributed by atoms with Crippen LogP contribution in [0.2, 0.25) is 0 Å². The molecule has 1 atom stereocenters. The Morgan fingerprint density at radius 2 is 1.92 bits per heavy atom. The highest BCUT2D eigenvalue weighted by Crippen LogP contribution is 2.09. The summed E-state index contributed by atoms with van der Waals surface area (Å²) in [6.45, 7) is 8.64. The highest BCUT2D eigenvalue weighted by Gasteiger charge is 2.18. The van der Waals surface area contributed by atoms with Crippen LogP contribution in [0, 0.1) is 5.92 Å². The molecule has 12 heavy (non-hydrogen) atoms. The molecule has 2 heterocycles. The molecule has 0 unspecified atom stereocenters. The van der Waals surface area contributed by atoms with Crippen LogP contribution in [-0.2, 0) is 0 Å². The standard InChI is InChI=1S/C9H19N3/c1-2-11-7-9(1)8-12-5-3-10-4-6-12/h9-11H,1-8H2/t9-/m1/s1. The third-order valence-electron chi connectivity index (χ3n) is 2.89. The van der Waals surface area contributed by atoms with Crippen molar-refractivity contribution in [2.45, 2.75) is 6.42 Å². The summed E-state index contributed by atoms with van der Waals surface area (Å²) < 4.78 is 0. The molecule has 2 rings (SSSR count). The SMILES string of the molecule is C1CN(C[C@@H]2CCNC2)CCN1. The van der Waals surface area contributed by atoms with E-state index in [1.165, 1.54) is 52.2 Å². The van der Waals surface area contributed by atoms with Gasteiger partial charge in [0.2, 0.25) is 0 Å². The van der Waals surface area contributed by atoms with E-state index >= 15 is 0 Å². The lowest BCUT2D eigenvalue weighted by molar-refractivity contribution is 0.211. The van der Waals surface area contributed by atoms with Crippen molar-refractivity contribution in [2.24, 2.45) is 5.92 Å². The lowest BCUT2D eigenvalue weighted by atomic mass is 10.1. The van der Waals surface area contributed by atoms with Crippen LogP contribution in [0.25, 0.3) is 0 Å². The number of hydrogen-bond donors (Lipinski definition) is 2. The van der Waals surface area contributed by atoms with E-state index in [4.69, 9.17) is 0 Å². The topological polar surface area (TPSA) is 27.3 Å². The van der Waals surface area contributed by atoms with Crippen molar-refractivity contribution in [2.75, 3.05) is 45.8 Å². The Labute approximate surface area is 74.5 Å². The predicted molar refractivity (Wildman–Crippen MR) is 50.3 cm³/mol. The molecule has 2 saturated heterocycles. The Bertz CT molecular complexity index is 126. The van der Waals surface area contributed by atoms with Gasteiger partial charge in [-0.15, -0.1) is 0 Å². The molecule has 0 amide bonds. The molecule has 0 spiro atoms. The van der Waals surface area contributed by atoms with E-state index < -0.39 is 0 Å². The molecule has 0 saturated carbocycles. The monoisotopic (exact) mass is 169 g/mol. The molecule has 0 aromatic rings. The fraction of sp³-hybridized carbons (Fsp3) is 1.00. The van der Waals surface area contributed by atoms with Gasteiger partial charge in [-0.1, -0.05) is 0 Å². The molecule has 2 aliphatic heterocycles. The molecule has 70 valence electrons. The number of nitrogens with zero attached hydrogens (tertiary/aromatic N) is 1. The second kappa shape index (κ2) is 4.21. The van der Waals surface area contributed by atoms with Gasteiger partial charge in [0.15, 0.2) is 0 Å². The number of hydrogen-bond acceptors (Lipinski definition) is 3. The van der Waals surface area contributed by atoms with Crippen LogP contribution in [0.5, 0.6) is 0 Å². The van der Waals surface area contributed by atoms with Crippen LogP contribution in [0.3, 0.4) is 0 Å². The number of nitrogens with one attached hydrogen (secondary N) is 2. The van der Waals surface area contributed by atoms with Gasteiger partial charge in [-0.2, -0.15) is 0 Å². The molecule has 0 aliphatic carbocycles. The van der Waals surface area contributed by atoms with Gasteiger partial charge in [-0.05, 0) is 25.4 Å². The molecule has 2 fully saturated rings. The maximum absolute atomic E-state index is 3.42. The van der Waals surface area contributed by atoms with Crippen molar-refractivity contribution in [3.05, 3.63) is 0 Å². The molecule has 0 radical (unpaired) electrons. The summed E-state index contributed by atoms with van der Waals surface area (Å²) in [5.74, 6) is 0.920. The number of piperazine rings is 1. The maximum Gasteiger partial charge on any atom is 0.0107 e. The number of rotatable bonds is 2. The Hall–Kier alpha value is -0.120. The summed E-state index contributed by atoms with van der Waals surface area (Å²) in [5, 5.41) is 6.80. The minimum Gasteiger partial charge on any atom is -0.316 e. The van der Waals surface area contributed by atoms with Crippen molar-refractivity contribution in [3.63, 3.8) is 0 Å². The molecule has 3 heteroatoms. The Morgan fingerprint density at radius 3 is 2.58 bits per heavy atom. The molecule has 0 aromatic heterocycles. The molecule has 2 N–H and O–H groups in total. The van der Waals surface area contributed by atoms with E-state index in [9.17, 15) is 0 Å². The predicted octanol–water partition coefficient (Wildman–Crippen LogP) is -0.499. The second-order valence-corrected chi connectivity index (χ2v) is 3.91. The average molecular weight is 169 g/mol. The van der Waals surface area contributed by atoms with Crippen molar-refractivity contribution >= 4 is 0 Å². The lowest BCUT2D eigenvalue weighted by Gasteiger charge is -2.29. The Morgan fingerprint density at radius 1 is 1.08 bits per heavy atom. The molecular formula is C9H19N3. The summed E-state index contributed by atoms with van der Waals surface area (Å²) >= 11 is 0. The van der Waals surface area contributed by atoms with Gasteiger partial charge in [-0.25, -0.2) is 0 Å². The van der Waals surface area contributed by atoms with E-state index in [1.54, 1.807) is 0 Å². The van der Waals surface area contributed by atoms with E-state index in [2.05, 4.69) is 15.5 Å². The molecule has 2 aliphatic rings. The minimum atomic E-state index is 0.920. The quantitative estimate of drug-likeness (QED) is 0.583. The summed E-state index contributed by atoms with van der Waals surface area (Å²) in [7, 11) is 0. The first-order valence-corrected chi connectivity index (χ1v) is 5.09. The smallest absolute Gasteiger partial charge is 0.0107 e. The van der Waals surface area contributed by atoms with E-state index in [1.807, 2.05) is 0 Å². The summed E-state index contributed by atoms with van der Waals surface area (Å²) in [5.41, 5.74) is 0. The van der Waals surface area contributed by atoms with Crippen molar-refractivity contribution < 1.29 is 0 Å². The van der Waals surface area contributed by atoms with Crippen LogP contribution in [0.4, 0.5) is 0 Å². The first-order chi connectivity index (χ1) is 5.95. The van der Waals surface area contributed by atoms with E-state index in [0.29, 0.717) is 0 Å². The maximum atomic E-state index is 3.42. The van der Waals surface area contributed by atoms with Gasteiger partial charge in [0, 0.05) is 32.7 Å². The Kier molecular flexibility index (Phi) is 2.98. The third kappa shape index (κ3) is 2.19. The molecule has 0 aromatic carbocycles. The van der Waals surface area contributed by atoms with Gasteiger partial charge in [-0.3, -0.25) is 0 Å². The van der Waals surface area contributed by atoms with Crippen molar-refractivity contribution in [3.8, 4) is 0 Å². The van der Waals surface area contributed by atoms with Gasteiger partial charge in [0.05, 0.1) is 0 Å². The highest BCUT2D eigenvalue weighted by molar-refractivity contribution is 4.77. The van der Waals surface area contributed by atoms with Crippen LogP contribution in [-0.4, -0.2) is 50.7 Å². The van der Waals surface area contributed by atoms with Crippen LogP contribution in [0.1, 0.15) is 6.42 Å². The third-order valence-corrected chi connectivity index (χ3v) is 2.89. The first kappa shape index (κ1) is 8.48. The zero-order chi connectivity index (χ0) is 8.23. The normalized spacial score (nSPS) is 32.5. The summed E-state index contributed by atoms with van der Waals surface area (Å²) in [6, 6.07) is 0. The summed E-state index contributed by atoms with van der Waals surface area (Å²) in [6.07, 6.45) is 1.38. The van der Waals surface area contributed by atoms with Crippen LogP contribution >= 0.6 is 0 Å². The fourth-order valence-corrected chi connectivity index (χ4v) is 2.13. The van der Waals surface area contributed by atoms with Crippen LogP contribution < -0.4 is 10.6 Å². The average Bonchev–Trinajstić information content (AvgIpc) is 2.59. The van der Waals surface area contributed by atoms with Crippen molar-refractivity contribution in [1.29, 1.82) is 0 Å².